The molecule has 0 saturated carbocycles. The number of allylic oxidation sites excluding steroid dienone is 1. The van der Waals surface area contributed by atoms with Gasteiger partial charge in [-0.15, -0.1) is 0 Å². The van der Waals surface area contributed by atoms with Gasteiger partial charge in [0.05, 0.1) is 18.7 Å². The molecule has 1 aromatic carbocycles. The van der Waals surface area contributed by atoms with Crippen molar-refractivity contribution in [3.63, 3.8) is 0 Å². The second kappa shape index (κ2) is 6.64. The number of anilines is 1. The molecule has 0 amide bonds. The lowest BCUT2D eigenvalue weighted by Gasteiger charge is -2.02. The van der Waals surface area contributed by atoms with Crippen molar-refractivity contribution >= 4 is 40.7 Å². The predicted octanol–water partition coefficient (Wildman–Crippen LogP) is 2.83. The Bertz CT molecular complexity index is 711. The SMILES string of the molecule is N#C/C(=C/c1c(Cl)cccc1Cl)c1cc(N)n(CCO)n1. The molecule has 21 heavy (non-hydrogen) atoms. The van der Waals surface area contributed by atoms with Crippen LogP contribution >= 0.6 is 23.2 Å². The van der Waals surface area contributed by atoms with Gasteiger partial charge in [0.25, 0.3) is 0 Å². The highest BCUT2D eigenvalue weighted by atomic mass is 35.5. The van der Waals surface area contributed by atoms with Crippen molar-refractivity contribution in [3.8, 4) is 6.07 Å². The van der Waals surface area contributed by atoms with E-state index in [0.717, 1.165) is 0 Å². The zero-order valence-corrected chi connectivity index (χ0v) is 12.4. The van der Waals surface area contributed by atoms with Crippen LogP contribution in [0.25, 0.3) is 11.6 Å². The van der Waals surface area contributed by atoms with Gasteiger partial charge in [0.1, 0.15) is 17.6 Å². The topological polar surface area (TPSA) is 87.9 Å². The number of aliphatic hydroxyl groups excluding tert-OH is 1. The Morgan fingerprint density at radius 1 is 1.43 bits per heavy atom. The van der Waals surface area contributed by atoms with Gasteiger partial charge in [0.2, 0.25) is 0 Å². The van der Waals surface area contributed by atoms with E-state index >= 15 is 0 Å². The molecule has 0 unspecified atom stereocenters. The molecule has 0 spiro atoms. The van der Waals surface area contributed by atoms with Crippen LogP contribution in [0.2, 0.25) is 10.0 Å². The molecule has 0 aliphatic heterocycles. The number of aliphatic hydroxyl groups is 1. The Labute approximate surface area is 131 Å². The second-order valence-corrected chi connectivity index (χ2v) is 5.02. The number of nitriles is 1. The summed E-state index contributed by atoms with van der Waals surface area (Å²) in [6.07, 6.45) is 1.57. The van der Waals surface area contributed by atoms with Crippen molar-refractivity contribution in [2.75, 3.05) is 12.3 Å². The van der Waals surface area contributed by atoms with Crippen molar-refractivity contribution in [2.24, 2.45) is 0 Å². The highest BCUT2D eigenvalue weighted by Crippen LogP contribution is 2.29. The number of nitrogen functional groups attached to an aromatic ring is 1. The number of halogens is 2. The largest absolute Gasteiger partial charge is 0.394 e. The summed E-state index contributed by atoms with van der Waals surface area (Å²) >= 11 is 12.2. The zero-order valence-electron chi connectivity index (χ0n) is 10.9. The van der Waals surface area contributed by atoms with E-state index in [-0.39, 0.29) is 18.7 Å². The van der Waals surface area contributed by atoms with Crippen LogP contribution in [0.1, 0.15) is 11.3 Å². The van der Waals surface area contributed by atoms with E-state index in [4.69, 9.17) is 34.0 Å². The van der Waals surface area contributed by atoms with Gasteiger partial charge in [-0.05, 0) is 18.2 Å². The Morgan fingerprint density at radius 2 is 2.10 bits per heavy atom. The van der Waals surface area contributed by atoms with E-state index in [2.05, 4.69) is 11.2 Å². The van der Waals surface area contributed by atoms with Crippen molar-refractivity contribution in [1.82, 2.24) is 9.78 Å². The quantitative estimate of drug-likeness (QED) is 0.847. The minimum Gasteiger partial charge on any atom is -0.394 e. The van der Waals surface area contributed by atoms with Crippen molar-refractivity contribution in [2.45, 2.75) is 6.54 Å². The highest BCUT2D eigenvalue weighted by molar-refractivity contribution is 6.37. The minimum atomic E-state index is -0.0900. The Balaban J connectivity index is 2.47. The molecule has 0 radical (unpaired) electrons. The molecule has 108 valence electrons. The molecule has 3 N–H and O–H groups in total. The molecule has 0 atom stereocenters. The van der Waals surface area contributed by atoms with Gasteiger partial charge in [-0.25, -0.2) is 4.68 Å². The fourth-order valence-corrected chi connectivity index (χ4v) is 2.30. The predicted molar refractivity (Wildman–Crippen MR) is 83.7 cm³/mol. The third kappa shape index (κ3) is 3.37. The van der Waals surface area contributed by atoms with Crippen LogP contribution in [0.15, 0.2) is 24.3 Å². The van der Waals surface area contributed by atoms with Crippen molar-refractivity contribution in [3.05, 3.63) is 45.6 Å². The van der Waals surface area contributed by atoms with Gasteiger partial charge >= 0.3 is 0 Å². The number of nitrogens with zero attached hydrogens (tertiary/aromatic N) is 3. The third-order valence-corrected chi connectivity index (χ3v) is 3.47. The molecule has 2 aromatic rings. The van der Waals surface area contributed by atoms with Crippen LogP contribution in [-0.2, 0) is 6.54 Å². The molecular formula is C14H12Cl2N4O. The summed E-state index contributed by atoms with van der Waals surface area (Å²) in [4.78, 5) is 0. The first-order valence-electron chi connectivity index (χ1n) is 6.07. The first-order valence-corrected chi connectivity index (χ1v) is 6.82. The average Bonchev–Trinajstić information content (AvgIpc) is 2.80. The van der Waals surface area contributed by atoms with Crippen LogP contribution in [-0.4, -0.2) is 21.5 Å². The average molecular weight is 323 g/mol. The second-order valence-electron chi connectivity index (χ2n) is 4.21. The van der Waals surface area contributed by atoms with E-state index in [9.17, 15) is 5.26 Å². The van der Waals surface area contributed by atoms with E-state index < -0.39 is 0 Å². The highest BCUT2D eigenvalue weighted by Gasteiger charge is 2.11. The molecule has 0 bridgehead atoms. The Hall–Kier alpha value is -2.00. The Morgan fingerprint density at radius 3 is 2.67 bits per heavy atom. The first-order chi connectivity index (χ1) is 10.1. The van der Waals surface area contributed by atoms with Gasteiger partial charge in [-0.3, -0.25) is 0 Å². The monoisotopic (exact) mass is 322 g/mol. The summed E-state index contributed by atoms with van der Waals surface area (Å²) in [6, 6.07) is 8.72. The minimum absolute atomic E-state index is 0.0900. The van der Waals surface area contributed by atoms with Gasteiger partial charge in [0, 0.05) is 21.7 Å². The lowest BCUT2D eigenvalue weighted by molar-refractivity contribution is 0.270. The summed E-state index contributed by atoms with van der Waals surface area (Å²) < 4.78 is 1.43. The van der Waals surface area contributed by atoms with Crippen LogP contribution in [0.3, 0.4) is 0 Å². The molecule has 7 heteroatoms. The fourth-order valence-electron chi connectivity index (χ4n) is 1.79. The van der Waals surface area contributed by atoms with Gasteiger partial charge in [-0.1, -0.05) is 29.3 Å². The van der Waals surface area contributed by atoms with Gasteiger partial charge < -0.3 is 10.8 Å². The van der Waals surface area contributed by atoms with Crippen LogP contribution in [0.4, 0.5) is 5.82 Å². The van der Waals surface area contributed by atoms with Crippen molar-refractivity contribution in [1.29, 1.82) is 5.26 Å². The summed E-state index contributed by atoms with van der Waals surface area (Å²) in [6.45, 7) is 0.171. The van der Waals surface area contributed by atoms with Crippen LogP contribution in [0.5, 0.6) is 0 Å². The molecule has 0 fully saturated rings. The molecule has 1 aromatic heterocycles. The molecule has 0 aliphatic carbocycles. The number of rotatable bonds is 4. The summed E-state index contributed by atoms with van der Waals surface area (Å²) in [5.41, 5.74) is 7.01. The van der Waals surface area contributed by atoms with Crippen LogP contribution < -0.4 is 5.73 Å². The number of hydrogen-bond acceptors (Lipinski definition) is 4. The third-order valence-electron chi connectivity index (χ3n) is 2.81. The van der Waals surface area contributed by atoms with E-state index in [1.807, 2.05) is 0 Å². The standard InChI is InChI=1S/C14H12Cl2N4O/c15-11-2-1-3-12(16)10(11)6-9(8-17)13-7-14(18)20(19-13)4-5-21/h1-3,6-7,21H,4-5,18H2/b9-6-. The van der Waals surface area contributed by atoms with Crippen molar-refractivity contribution < 1.29 is 5.11 Å². The van der Waals surface area contributed by atoms with E-state index in [0.29, 0.717) is 27.1 Å². The van der Waals surface area contributed by atoms with Crippen LogP contribution in [0, 0.1) is 11.3 Å². The summed E-state index contributed by atoms with van der Waals surface area (Å²) in [5.74, 6) is 0.366. The zero-order chi connectivity index (χ0) is 15.4. The molecule has 2 rings (SSSR count). The lowest BCUT2D eigenvalue weighted by atomic mass is 10.1. The smallest absolute Gasteiger partial charge is 0.122 e. The first kappa shape index (κ1) is 15.4. The maximum absolute atomic E-state index is 9.31. The molecule has 5 nitrogen and oxygen atoms in total. The lowest BCUT2D eigenvalue weighted by Crippen LogP contribution is -2.07. The molecule has 0 saturated heterocycles. The van der Waals surface area contributed by atoms with E-state index in [1.165, 1.54) is 4.68 Å². The fraction of sp³-hybridized carbons (Fsp3) is 0.143. The maximum Gasteiger partial charge on any atom is 0.122 e. The number of hydrogen-bond donors (Lipinski definition) is 2. The molecule has 0 aliphatic rings. The van der Waals surface area contributed by atoms with Gasteiger partial charge in [-0.2, -0.15) is 10.4 Å². The van der Waals surface area contributed by atoms with Gasteiger partial charge in [0.15, 0.2) is 0 Å². The normalized spacial score (nSPS) is 11.4. The number of benzene rings is 1. The Kier molecular flexibility index (Phi) is 4.86. The molecular weight excluding hydrogens is 311 g/mol. The number of nitrogens with two attached hydrogens (primary N) is 1. The van der Waals surface area contributed by atoms with E-state index in [1.54, 1.807) is 30.3 Å². The maximum atomic E-state index is 9.31. The molecule has 1 heterocycles. The summed E-state index contributed by atoms with van der Waals surface area (Å²) in [5, 5.41) is 23.3. The summed E-state index contributed by atoms with van der Waals surface area (Å²) in [7, 11) is 0. The number of aromatic nitrogens is 2.